The van der Waals surface area contributed by atoms with Gasteiger partial charge >= 0.3 is 6.01 Å². The fourth-order valence-electron chi connectivity index (χ4n) is 2.88. The van der Waals surface area contributed by atoms with Crippen molar-refractivity contribution in [2.75, 3.05) is 12.3 Å². The SMILES string of the molecule is Nc1nc(Oc2cc(F)ccc2F)nc2c1ncn2C1CC(O)C(CO)O1. The highest BCUT2D eigenvalue weighted by atomic mass is 19.1. The molecule has 0 saturated carbocycles. The number of anilines is 1. The summed E-state index contributed by atoms with van der Waals surface area (Å²) in [6.45, 7) is -0.339. The number of aromatic nitrogens is 4. The van der Waals surface area contributed by atoms with Gasteiger partial charge in [-0.2, -0.15) is 9.97 Å². The number of aliphatic hydroxyl groups is 2. The lowest BCUT2D eigenvalue weighted by molar-refractivity contribution is -0.0432. The predicted octanol–water partition coefficient (Wildman–Crippen LogP) is 1.12. The molecule has 1 aliphatic heterocycles. The highest BCUT2D eigenvalue weighted by Gasteiger charge is 2.35. The third-order valence-electron chi connectivity index (χ3n) is 4.22. The van der Waals surface area contributed by atoms with E-state index in [9.17, 15) is 19.0 Å². The first-order valence-corrected chi connectivity index (χ1v) is 8.03. The van der Waals surface area contributed by atoms with Crippen LogP contribution in [-0.4, -0.2) is 48.5 Å². The summed E-state index contributed by atoms with van der Waals surface area (Å²) in [6.07, 6.45) is -0.623. The molecule has 3 atom stereocenters. The lowest BCUT2D eigenvalue weighted by atomic mass is 10.2. The maximum absolute atomic E-state index is 13.8. The first-order chi connectivity index (χ1) is 13.0. The van der Waals surface area contributed by atoms with Crippen LogP contribution in [0.15, 0.2) is 24.5 Å². The number of aliphatic hydroxyl groups excluding tert-OH is 2. The number of halogens is 2. The van der Waals surface area contributed by atoms with Gasteiger partial charge in [-0.15, -0.1) is 0 Å². The molecule has 27 heavy (non-hydrogen) atoms. The molecule has 2 aromatic heterocycles. The van der Waals surface area contributed by atoms with E-state index in [2.05, 4.69) is 15.0 Å². The van der Waals surface area contributed by atoms with Crippen LogP contribution in [0.25, 0.3) is 11.2 Å². The number of nitrogens with two attached hydrogens (primary N) is 1. The number of imidazole rings is 1. The minimum Gasteiger partial charge on any atom is -0.421 e. The summed E-state index contributed by atoms with van der Waals surface area (Å²) < 4.78 is 39.4. The van der Waals surface area contributed by atoms with Crippen LogP contribution in [0.5, 0.6) is 11.8 Å². The Morgan fingerprint density at radius 1 is 1.33 bits per heavy atom. The maximum atomic E-state index is 13.8. The van der Waals surface area contributed by atoms with Crippen LogP contribution in [-0.2, 0) is 4.74 Å². The number of fused-ring (bicyclic) bond motifs is 1. The molecule has 1 aromatic carbocycles. The number of nitrogens with zero attached hydrogens (tertiary/aromatic N) is 4. The third-order valence-corrected chi connectivity index (χ3v) is 4.22. The summed E-state index contributed by atoms with van der Waals surface area (Å²) in [4.78, 5) is 12.2. The second kappa shape index (κ2) is 6.68. The smallest absolute Gasteiger partial charge is 0.326 e. The largest absolute Gasteiger partial charge is 0.421 e. The van der Waals surface area contributed by atoms with Gasteiger partial charge in [-0.3, -0.25) is 4.57 Å². The molecule has 0 amide bonds. The minimum atomic E-state index is -0.853. The van der Waals surface area contributed by atoms with Crippen LogP contribution < -0.4 is 10.5 Å². The van der Waals surface area contributed by atoms with E-state index in [1.807, 2.05) is 0 Å². The zero-order chi connectivity index (χ0) is 19.1. The first kappa shape index (κ1) is 17.5. The van der Waals surface area contributed by atoms with Crippen molar-refractivity contribution in [1.29, 1.82) is 0 Å². The molecule has 0 bridgehead atoms. The standard InChI is InChI=1S/C16H15F2N5O4/c17-7-1-2-8(18)10(3-7)27-16-21-14(19)13-15(22-16)23(6-20-13)12-4-9(25)11(5-24)26-12/h1-3,6,9,11-12,24-25H,4-5H2,(H2,19,21,22). The first-order valence-electron chi connectivity index (χ1n) is 8.03. The maximum Gasteiger partial charge on any atom is 0.326 e. The van der Waals surface area contributed by atoms with Gasteiger partial charge in [-0.05, 0) is 12.1 Å². The fourth-order valence-corrected chi connectivity index (χ4v) is 2.88. The normalized spacial score (nSPS) is 22.4. The molecule has 4 N–H and O–H groups in total. The van der Waals surface area contributed by atoms with Crippen molar-refractivity contribution in [3.63, 3.8) is 0 Å². The summed E-state index contributed by atoms with van der Waals surface area (Å²) in [5, 5.41) is 19.1. The fraction of sp³-hybridized carbons (Fsp3) is 0.312. The lowest BCUT2D eigenvalue weighted by Crippen LogP contribution is -2.24. The second-order valence-electron chi connectivity index (χ2n) is 6.01. The molecule has 3 heterocycles. The Labute approximate surface area is 151 Å². The van der Waals surface area contributed by atoms with Gasteiger partial charge in [0.2, 0.25) is 0 Å². The van der Waals surface area contributed by atoms with Crippen LogP contribution >= 0.6 is 0 Å². The summed E-state index contributed by atoms with van der Waals surface area (Å²) in [5.74, 6) is -1.90. The quantitative estimate of drug-likeness (QED) is 0.615. The van der Waals surface area contributed by atoms with E-state index in [1.165, 1.54) is 10.9 Å². The van der Waals surface area contributed by atoms with E-state index in [4.69, 9.17) is 15.2 Å². The Kier molecular flexibility index (Phi) is 4.34. The Balaban J connectivity index is 1.71. The van der Waals surface area contributed by atoms with Crippen molar-refractivity contribution in [2.24, 2.45) is 0 Å². The molecule has 0 radical (unpaired) electrons. The lowest BCUT2D eigenvalue weighted by Gasteiger charge is -2.14. The highest BCUT2D eigenvalue weighted by molar-refractivity contribution is 5.82. The van der Waals surface area contributed by atoms with Crippen LogP contribution in [0.4, 0.5) is 14.6 Å². The Morgan fingerprint density at radius 3 is 2.89 bits per heavy atom. The minimum absolute atomic E-state index is 0.0252. The van der Waals surface area contributed by atoms with Gasteiger partial charge in [0.05, 0.1) is 19.0 Å². The Bertz CT molecular complexity index is 998. The van der Waals surface area contributed by atoms with E-state index in [0.717, 1.165) is 18.2 Å². The van der Waals surface area contributed by atoms with Gasteiger partial charge in [-0.1, -0.05) is 0 Å². The summed E-state index contributed by atoms with van der Waals surface area (Å²) in [6, 6.07) is 2.43. The van der Waals surface area contributed by atoms with Gasteiger partial charge < -0.3 is 25.4 Å². The van der Waals surface area contributed by atoms with E-state index < -0.39 is 35.8 Å². The molecule has 0 aliphatic carbocycles. The monoisotopic (exact) mass is 379 g/mol. The van der Waals surface area contributed by atoms with Gasteiger partial charge in [0, 0.05) is 12.5 Å². The van der Waals surface area contributed by atoms with Crippen molar-refractivity contribution in [3.8, 4) is 11.8 Å². The third kappa shape index (κ3) is 3.16. The molecule has 1 saturated heterocycles. The molecule has 4 rings (SSSR count). The van der Waals surface area contributed by atoms with Crippen molar-refractivity contribution < 1.29 is 28.5 Å². The number of hydrogen-bond donors (Lipinski definition) is 3. The summed E-state index contributed by atoms with van der Waals surface area (Å²) >= 11 is 0. The molecule has 1 fully saturated rings. The van der Waals surface area contributed by atoms with Gasteiger partial charge in [0.1, 0.15) is 18.1 Å². The number of nitrogen functional groups attached to an aromatic ring is 1. The van der Waals surface area contributed by atoms with Gasteiger partial charge in [-0.25, -0.2) is 13.8 Å². The van der Waals surface area contributed by atoms with Crippen LogP contribution in [0.2, 0.25) is 0 Å². The zero-order valence-electron chi connectivity index (χ0n) is 13.8. The van der Waals surface area contributed by atoms with Crippen molar-refractivity contribution in [1.82, 2.24) is 19.5 Å². The second-order valence-corrected chi connectivity index (χ2v) is 6.01. The van der Waals surface area contributed by atoms with E-state index in [1.54, 1.807) is 0 Å². The average molecular weight is 379 g/mol. The van der Waals surface area contributed by atoms with Gasteiger partial charge in [0.25, 0.3) is 0 Å². The van der Waals surface area contributed by atoms with Crippen molar-refractivity contribution >= 4 is 17.0 Å². The van der Waals surface area contributed by atoms with Gasteiger partial charge in [0.15, 0.2) is 28.5 Å². The van der Waals surface area contributed by atoms with Crippen molar-refractivity contribution in [3.05, 3.63) is 36.2 Å². The Morgan fingerprint density at radius 2 is 2.15 bits per heavy atom. The van der Waals surface area contributed by atoms with Crippen LogP contribution in [0, 0.1) is 11.6 Å². The molecule has 0 spiro atoms. The van der Waals surface area contributed by atoms with E-state index >= 15 is 0 Å². The molecule has 11 heteroatoms. The van der Waals surface area contributed by atoms with Crippen molar-refractivity contribution in [2.45, 2.75) is 24.9 Å². The number of ether oxygens (including phenoxy) is 2. The number of benzene rings is 1. The molecule has 3 aromatic rings. The summed E-state index contributed by atoms with van der Waals surface area (Å²) in [7, 11) is 0. The summed E-state index contributed by atoms with van der Waals surface area (Å²) in [5.41, 5.74) is 6.35. The predicted molar refractivity (Wildman–Crippen MR) is 87.8 cm³/mol. The molecule has 9 nitrogen and oxygen atoms in total. The molecule has 142 valence electrons. The molecule has 1 aliphatic rings. The van der Waals surface area contributed by atoms with E-state index in [0.29, 0.717) is 0 Å². The molecule has 3 unspecified atom stereocenters. The topological polar surface area (TPSA) is 129 Å². The Hall–Kier alpha value is -2.89. The van der Waals surface area contributed by atoms with E-state index in [-0.39, 0.29) is 36.0 Å². The number of hydrogen-bond acceptors (Lipinski definition) is 8. The zero-order valence-corrected chi connectivity index (χ0v) is 13.8. The average Bonchev–Trinajstić information content (AvgIpc) is 3.21. The number of rotatable bonds is 4. The van der Waals surface area contributed by atoms with Crippen LogP contribution in [0.1, 0.15) is 12.6 Å². The molecular weight excluding hydrogens is 364 g/mol. The molecular formula is C16H15F2N5O4. The highest BCUT2D eigenvalue weighted by Crippen LogP contribution is 2.32. The van der Waals surface area contributed by atoms with Crippen LogP contribution in [0.3, 0.4) is 0 Å².